The number of rotatable bonds is 9. The van der Waals surface area contributed by atoms with Gasteiger partial charge in [-0.2, -0.15) is 22.0 Å². The van der Waals surface area contributed by atoms with Crippen LogP contribution in [0.2, 0.25) is 0 Å². The van der Waals surface area contributed by atoms with Gasteiger partial charge in [0.25, 0.3) is 0 Å². The molecule has 128 valence electrons. The van der Waals surface area contributed by atoms with Gasteiger partial charge >= 0.3 is 12.1 Å². The van der Waals surface area contributed by atoms with E-state index in [9.17, 15) is 22.0 Å². The average molecular weight is 327 g/mol. The van der Waals surface area contributed by atoms with Gasteiger partial charge in [0.15, 0.2) is 5.69 Å². The van der Waals surface area contributed by atoms with E-state index in [4.69, 9.17) is 0 Å². The number of aromatic nitrogens is 3. The Balaban J connectivity index is 3.00. The predicted molar refractivity (Wildman–Crippen MR) is 72.7 cm³/mol. The van der Waals surface area contributed by atoms with Crippen LogP contribution in [-0.4, -0.2) is 21.2 Å². The minimum atomic E-state index is -5.66. The highest BCUT2D eigenvalue weighted by Crippen LogP contribution is 2.44. The fraction of sp³-hybridized carbons (Fsp3) is 0.857. The molecular weight excluding hydrogens is 305 g/mol. The van der Waals surface area contributed by atoms with Crippen molar-refractivity contribution < 1.29 is 22.0 Å². The lowest BCUT2D eigenvalue weighted by atomic mass is 10.1. The van der Waals surface area contributed by atoms with Gasteiger partial charge in [-0.25, -0.2) is 4.68 Å². The summed E-state index contributed by atoms with van der Waals surface area (Å²) in [6, 6.07) is 0. The Kier molecular flexibility index (Phi) is 6.74. The van der Waals surface area contributed by atoms with Gasteiger partial charge < -0.3 is 0 Å². The molecule has 1 aromatic rings. The summed E-state index contributed by atoms with van der Waals surface area (Å²) in [5.74, 6) is -4.96. The fourth-order valence-electron chi connectivity index (χ4n) is 2.17. The van der Waals surface area contributed by atoms with Gasteiger partial charge in [-0.15, -0.1) is 5.10 Å². The van der Waals surface area contributed by atoms with Gasteiger partial charge in [0.05, 0.1) is 5.69 Å². The second-order valence-corrected chi connectivity index (χ2v) is 5.34. The zero-order chi connectivity index (χ0) is 16.8. The highest BCUT2D eigenvalue weighted by atomic mass is 19.4. The molecule has 0 aliphatic carbocycles. The lowest BCUT2D eigenvalue weighted by Gasteiger charge is -2.18. The zero-order valence-electron chi connectivity index (χ0n) is 12.9. The summed E-state index contributed by atoms with van der Waals surface area (Å²) in [4.78, 5) is 0. The molecule has 0 N–H and O–H groups in total. The molecule has 1 heterocycles. The van der Waals surface area contributed by atoms with Crippen LogP contribution in [0, 0.1) is 0 Å². The van der Waals surface area contributed by atoms with Gasteiger partial charge in [0, 0.05) is 6.54 Å². The van der Waals surface area contributed by atoms with E-state index in [0.717, 1.165) is 19.3 Å². The van der Waals surface area contributed by atoms with Crippen LogP contribution in [-0.2, 0) is 18.9 Å². The molecule has 0 aliphatic heterocycles. The Morgan fingerprint density at radius 1 is 0.909 bits per heavy atom. The van der Waals surface area contributed by atoms with Crippen molar-refractivity contribution in [1.82, 2.24) is 15.0 Å². The third kappa shape index (κ3) is 4.39. The van der Waals surface area contributed by atoms with Crippen molar-refractivity contribution in [2.45, 2.75) is 77.4 Å². The van der Waals surface area contributed by atoms with E-state index >= 15 is 0 Å². The molecule has 0 saturated heterocycles. The van der Waals surface area contributed by atoms with E-state index < -0.39 is 17.8 Å². The Labute approximate surface area is 126 Å². The Morgan fingerprint density at radius 3 is 2.09 bits per heavy atom. The van der Waals surface area contributed by atoms with E-state index in [2.05, 4.69) is 10.3 Å². The fourth-order valence-corrected chi connectivity index (χ4v) is 2.17. The van der Waals surface area contributed by atoms with Crippen LogP contribution >= 0.6 is 0 Å². The molecule has 0 fully saturated rings. The maximum atomic E-state index is 13.6. The van der Waals surface area contributed by atoms with Crippen LogP contribution < -0.4 is 0 Å². The zero-order valence-corrected chi connectivity index (χ0v) is 12.9. The third-order valence-corrected chi connectivity index (χ3v) is 3.48. The summed E-state index contributed by atoms with van der Waals surface area (Å²) in [6.45, 7) is 4.20. The van der Waals surface area contributed by atoms with Gasteiger partial charge in [-0.1, -0.05) is 44.7 Å². The van der Waals surface area contributed by atoms with Crippen LogP contribution in [0.3, 0.4) is 0 Å². The summed E-state index contributed by atoms with van der Waals surface area (Å²) < 4.78 is 66.0. The number of alkyl halides is 5. The Morgan fingerprint density at radius 2 is 1.55 bits per heavy atom. The maximum absolute atomic E-state index is 13.6. The summed E-state index contributed by atoms with van der Waals surface area (Å²) >= 11 is 0. The van der Waals surface area contributed by atoms with Gasteiger partial charge in [-0.05, 0) is 19.3 Å². The van der Waals surface area contributed by atoms with Gasteiger partial charge in [-0.3, -0.25) is 0 Å². The topological polar surface area (TPSA) is 30.7 Å². The molecule has 0 bridgehead atoms. The molecule has 3 nitrogen and oxygen atoms in total. The normalized spacial score (nSPS) is 12.9. The van der Waals surface area contributed by atoms with Crippen molar-refractivity contribution >= 4 is 0 Å². The molecule has 0 unspecified atom stereocenters. The van der Waals surface area contributed by atoms with Gasteiger partial charge in [0.1, 0.15) is 0 Å². The molecule has 0 saturated carbocycles. The molecule has 0 radical (unpaired) electrons. The summed E-state index contributed by atoms with van der Waals surface area (Å²) in [7, 11) is 0. The number of nitrogens with zero attached hydrogens (tertiary/aromatic N) is 3. The first-order valence-corrected chi connectivity index (χ1v) is 7.63. The average Bonchev–Trinajstić information content (AvgIpc) is 2.83. The lowest BCUT2D eigenvalue weighted by molar-refractivity contribution is -0.291. The number of hydrogen-bond donors (Lipinski definition) is 0. The third-order valence-electron chi connectivity index (χ3n) is 3.48. The summed E-state index contributed by atoms with van der Waals surface area (Å²) in [5.41, 5.74) is -1.34. The highest BCUT2D eigenvalue weighted by Gasteiger charge is 2.61. The molecule has 22 heavy (non-hydrogen) atoms. The Hall–Kier alpha value is -1.21. The first kappa shape index (κ1) is 18.8. The highest BCUT2D eigenvalue weighted by molar-refractivity contribution is 5.18. The maximum Gasteiger partial charge on any atom is 0.459 e. The predicted octanol–water partition coefficient (Wildman–Crippen LogP) is 4.86. The van der Waals surface area contributed by atoms with Crippen molar-refractivity contribution in [2.24, 2.45) is 0 Å². The Bertz CT molecular complexity index is 454. The molecule has 0 atom stereocenters. The van der Waals surface area contributed by atoms with E-state index in [-0.39, 0.29) is 12.1 Å². The molecular formula is C14H22F5N3. The molecule has 0 amide bonds. The van der Waals surface area contributed by atoms with Crippen LogP contribution in [0.1, 0.15) is 63.8 Å². The first-order valence-electron chi connectivity index (χ1n) is 7.63. The van der Waals surface area contributed by atoms with Crippen molar-refractivity contribution in [2.75, 3.05) is 0 Å². The lowest BCUT2D eigenvalue weighted by Crippen LogP contribution is -2.35. The largest absolute Gasteiger partial charge is 0.459 e. The summed E-state index contributed by atoms with van der Waals surface area (Å²) in [5, 5.41) is 6.68. The minimum Gasteiger partial charge on any atom is -0.249 e. The van der Waals surface area contributed by atoms with E-state index in [1.165, 1.54) is 4.68 Å². The second kappa shape index (κ2) is 7.87. The number of halogens is 5. The van der Waals surface area contributed by atoms with Crippen molar-refractivity contribution in [3.05, 3.63) is 11.4 Å². The number of aryl methyl sites for hydroxylation is 1. The standard InChI is InChI=1S/C14H22F5N3/c1-3-5-7-8-10-22-11(9-6-4-2)12(20-21-22)13(15,16)14(17,18)19/h3-10H2,1-2H3. The van der Waals surface area contributed by atoms with Crippen LogP contribution in [0.5, 0.6) is 0 Å². The molecule has 0 aliphatic rings. The van der Waals surface area contributed by atoms with Crippen molar-refractivity contribution in [1.29, 1.82) is 0 Å². The van der Waals surface area contributed by atoms with Crippen LogP contribution in [0.15, 0.2) is 0 Å². The van der Waals surface area contributed by atoms with E-state index in [0.29, 0.717) is 25.8 Å². The van der Waals surface area contributed by atoms with Crippen molar-refractivity contribution in [3.8, 4) is 0 Å². The van der Waals surface area contributed by atoms with Crippen LogP contribution in [0.25, 0.3) is 0 Å². The summed E-state index contributed by atoms with van der Waals surface area (Å²) in [6.07, 6.45) is -0.749. The smallest absolute Gasteiger partial charge is 0.249 e. The first-order chi connectivity index (χ1) is 10.3. The molecule has 1 aromatic heterocycles. The van der Waals surface area contributed by atoms with Crippen molar-refractivity contribution in [3.63, 3.8) is 0 Å². The van der Waals surface area contributed by atoms with E-state index in [1.54, 1.807) is 0 Å². The molecule has 0 aromatic carbocycles. The number of hydrogen-bond acceptors (Lipinski definition) is 2. The minimum absolute atomic E-state index is 0.0966. The van der Waals surface area contributed by atoms with Gasteiger partial charge in [0.2, 0.25) is 0 Å². The molecule has 1 rings (SSSR count). The second-order valence-electron chi connectivity index (χ2n) is 5.34. The SMILES string of the molecule is CCCCCCn1nnc(C(F)(F)C(F)(F)F)c1CCCC. The quantitative estimate of drug-likeness (QED) is 0.479. The monoisotopic (exact) mass is 327 g/mol. The van der Waals surface area contributed by atoms with Crippen LogP contribution in [0.4, 0.5) is 22.0 Å². The molecule has 8 heteroatoms. The molecule has 0 spiro atoms. The van der Waals surface area contributed by atoms with E-state index in [1.807, 2.05) is 13.8 Å². The number of unbranched alkanes of at least 4 members (excludes halogenated alkanes) is 4.